The zero-order chi connectivity index (χ0) is 13.8. The van der Waals surface area contributed by atoms with Gasteiger partial charge in [-0.2, -0.15) is 0 Å². The van der Waals surface area contributed by atoms with E-state index in [0.717, 1.165) is 13.0 Å². The molecule has 0 aliphatic rings. The molecule has 2 rings (SSSR count). The van der Waals surface area contributed by atoms with E-state index in [9.17, 15) is 4.39 Å². The van der Waals surface area contributed by atoms with E-state index >= 15 is 0 Å². The van der Waals surface area contributed by atoms with Crippen LogP contribution in [0.3, 0.4) is 0 Å². The van der Waals surface area contributed by atoms with Crippen molar-refractivity contribution in [3.8, 4) is 0 Å². The number of halogens is 1. The van der Waals surface area contributed by atoms with Crippen molar-refractivity contribution in [1.29, 1.82) is 0 Å². The molecule has 0 aliphatic heterocycles. The quantitative estimate of drug-likeness (QED) is 0.862. The first-order valence-corrected chi connectivity index (χ1v) is 7.40. The van der Waals surface area contributed by atoms with Crippen LogP contribution in [0.5, 0.6) is 0 Å². The smallest absolute Gasteiger partial charge is 0.123 e. The first-order valence-electron chi connectivity index (χ1n) is 6.58. The van der Waals surface area contributed by atoms with Crippen LogP contribution in [0.4, 0.5) is 4.39 Å². The fourth-order valence-corrected chi connectivity index (χ4v) is 3.06. The fourth-order valence-electron chi connectivity index (χ4n) is 2.06. The van der Waals surface area contributed by atoms with Gasteiger partial charge in [0.25, 0.3) is 0 Å². The van der Waals surface area contributed by atoms with Crippen molar-refractivity contribution in [2.75, 3.05) is 0 Å². The normalized spacial score (nSPS) is 12.6. The van der Waals surface area contributed by atoms with Crippen molar-refractivity contribution < 1.29 is 4.39 Å². The molecule has 19 heavy (non-hydrogen) atoms. The Bertz CT molecular complexity index is 511. The molecule has 2 aromatic rings. The third-order valence-electron chi connectivity index (χ3n) is 3.30. The number of thiophene rings is 1. The summed E-state index contributed by atoms with van der Waals surface area (Å²) in [5.41, 5.74) is 2.54. The van der Waals surface area contributed by atoms with Crippen LogP contribution in [0.15, 0.2) is 30.3 Å². The maximum absolute atomic E-state index is 12.8. The Hall–Kier alpha value is -1.19. The summed E-state index contributed by atoms with van der Waals surface area (Å²) < 4.78 is 12.8. The summed E-state index contributed by atoms with van der Waals surface area (Å²) in [6, 6.07) is 9.38. The summed E-state index contributed by atoms with van der Waals surface area (Å²) in [7, 11) is 0. The van der Waals surface area contributed by atoms with E-state index in [1.165, 1.54) is 33.0 Å². The molecule has 0 saturated heterocycles. The van der Waals surface area contributed by atoms with Gasteiger partial charge in [-0.3, -0.25) is 0 Å². The molecule has 1 aromatic carbocycles. The van der Waals surface area contributed by atoms with Gasteiger partial charge < -0.3 is 5.32 Å². The molecule has 0 aliphatic carbocycles. The summed E-state index contributed by atoms with van der Waals surface area (Å²) in [4.78, 5) is 2.77. The summed E-state index contributed by atoms with van der Waals surface area (Å²) >= 11 is 1.85. The lowest BCUT2D eigenvalue weighted by Gasteiger charge is -2.13. The van der Waals surface area contributed by atoms with Crippen molar-refractivity contribution in [3.63, 3.8) is 0 Å². The van der Waals surface area contributed by atoms with E-state index in [0.29, 0.717) is 6.04 Å². The summed E-state index contributed by atoms with van der Waals surface area (Å²) in [6.07, 6.45) is 0.920. The van der Waals surface area contributed by atoms with Crippen LogP contribution in [0.2, 0.25) is 0 Å². The maximum atomic E-state index is 12.8. The van der Waals surface area contributed by atoms with Crippen molar-refractivity contribution in [2.24, 2.45) is 0 Å². The lowest BCUT2D eigenvalue weighted by Crippen LogP contribution is -2.27. The third-order valence-corrected chi connectivity index (χ3v) is 4.45. The molecule has 1 N–H and O–H groups in total. The van der Waals surface area contributed by atoms with E-state index in [1.807, 2.05) is 23.5 Å². The molecule has 1 aromatic heterocycles. The first kappa shape index (κ1) is 14.2. The predicted molar refractivity (Wildman–Crippen MR) is 80.2 cm³/mol. The second kappa shape index (κ2) is 6.31. The van der Waals surface area contributed by atoms with Gasteiger partial charge in [0, 0.05) is 22.3 Å². The SMILES string of the molecule is Cc1cc(CNC(C)Cc2ccc(F)cc2)sc1C. The topological polar surface area (TPSA) is 12.0 Å². The zero-order valence-electron chi connectivity index (χ0n) is 11.7. The Morgan fingerprint density at radius 3 is 2.47 bits per heavy atom. The van der Waals surface area contributed by atoms with E-state index in [1.54, 1.807) is 0 Å². The molecule has 0 spiro atoms. The highest BCUT2D eigenvalue weighted by atomic mass is 32.1. The van der Waals surface area contributed by atoms with Crippen LogP contribution in [0, 0.1) is 19.7 Å². The molecule has 0 saturated carbocycles. The van der Waals surface area contributed by atoms with E-state index in [-0.39, 0.29) is 5.82 Å². The van der Waals surface area contributed by atoms with Crippen LogP contribution in [0.1, 0.15) is 27.8 Å². The predicted octanol–water partition coefficient (Wildman–Crippen LogP) is 4.22. The van der Waals surface area contributed by atoms with Gasteiger partial charge in [0.05, 0.1) is 0 Å². The van der Waals surface area contributed by atoms with E-state index < -0.39 is 0 Å². The monoisotopic (exact) mass is 277 g/mol. The van der Waals surface area contributed by atoms with Gasteiger partial charge in [0.15, 0.2) is 0 Å². The van der Waals surface area contributed by atoms with Crippen LogP contribution >= 0.6 is 11.3 Å². The van der Waals surface area contributed by atoms with Crippen molar-refractivity contribution in [3.05, 3.63) is 57.0 Å². The largest absolute Gasteiger partial charge is 0.309 e. The molecular formula is C16H20FNS. The minimum atomic E-state index is -0.172. The molecule has 3 heteroatoms. The molecule has 102 valence electrons. The Labute approximate surface area is 118 Å². The Kier molecular flexibility index (Phi) is 4.72. The zero-order valence-corrected chi connectivity index (χ0v) is 12.5. The average Bonchev–Trinajstić information content (AvgIpc) is 2.69. The van der Waals surface area contributed by atoms with Crippen molar-refractivity contribution >= 4 is 11.3 Å². The average molecular weight is 277 g/mol. The summed E-state index contributed by atoms with van der Waals surface area (Å²) in [5.74, 6) is -0.172. The van der Waals surface area contributed by atoms with Gasteiger partial charge >= 0.3 is 0 Å². The lowest BCUT2D eigenvalue weighted by atomic mass is 10.1. The molecular weight excluding hydrogens is 257 g/mol. The van der Waals surface area contributed by atoms with Crippen LogP contribution in [-0.2, 0) is 13.0 Å². The van der Waals surface area contributed by atoms with Gasteiger partial charge in [0.2, 0.25) is 0 Å². The second-order valence-electron chi connectivity index (χ2n) is 5.06. The Balaban J connectivity index is 1.84. The van der Waals surface area contributed by atoms with Gasteiger partial charge in [-0.1, -0.05) is 12.1 Å². The Morgan fingerprint density at radius 2 is 1.89 bits per heavy atom. The number of hydrogen-bond donors (Lipinski definition) is 1. The molecule has 0 fully saturated rings. The molecule has 0 radical (unpaired) electrons. The van der Waals surface area contributed by atoms with Gasteiger partial charge in [0.1, 0.15) is 5.82 Å². The summed E-state index contributed by atoms with van der Waals surface area (Å²) in [6.45, 7) is 7.38. The molecule has 0 bridgehead atoms. The van der Waals surface area contributed by atoms with Crippen molar-refractivity contribution in [1.82, 2.24) is 5.32 Å². The van der Waals surface area contributed by atoms with Gasteiger partial charge in [-0.15, -0.1) is 11.3 Å². The molecule has 0 amide bonds. The second-order valence-corrected chi connectivity index (χ2v) is 6.41. The van der Waals surface area contributed by atoms with E-state index in [2.05, 4.69) is 32.2 Å². The van der Waals surface area contributed by atoms with Gasteiger partial charge in [-0.05, 0) is 56.5 Å². The minimum absolute atomic E-state index is 0.172. The molecule has 1 heterocycles. The minimum Gasteiger partial charge on any atom is -0.309 e. The van der Waals surface area contributed by atoms with E-state index in [4.69, 9.17) is 0 Å². The highest BCUT2D eigenvalue weighted by Crippen LogP contribution is 2.20. The highest BCUT2D eigenvalue weighted by molar-refractivity contribution is 7.12. The van der Waals surface area contributed by atoms with Crippen LogP contribution in [0.25, 0.3) is 0 Å². The number of aryl methyl sites for hydroxylation is 2. The third kappa shape index (κ3) is 4.15. The summed E-state index contributed by atoms with van der Waals surface area (Å²) in [5, 5.41) is 3.52. The molecule has 1 nitrogen and oxygen atoms in total. The molecule has 1 atom stereocenters. The number of rotatable bonds is 5. The first-order chi connectivity index (χ1) is 9.04. The van der Waals surface area contributed by atoms with Gasteiger partial charge in [-0.25, -0.2) is 4.39 Å². The highest BCUT2D eigenvalue weighted by Gasteiger charge is 2.06. The molecule has 1 unspecified atom stereocenters. The van der Waals surface area contributed by atoms with Crippen molar-refractivity contribution in [2.45, 2.75) is 39.8 Å². The van der Waals surface area contributed by atoms with Crippen LogP contribution < -0.4 is 5.32 Å². The fraction of sp³-hybridized carbons (Fsp3) is 0.375. The number of nitrogens with one attached hydrogen (secondary N) is 1. The maximum Gasteiger partial charge on any atom is 0.123 e. The lowest BCUT2D eigenvalue weighted by molar-refractivity contribution is 0.547. The number of benzene rings is 1. The Morgan fingerprint density at radius 1 is 1.21 bits per heavy atom. The number of hydrogen-bond acceptors (Lipinski definition) is 2. The van der Waals surface area contributed by atoms with Crippen LogP contribution in [-0.4, -0.2) is 6.04 Å². The standard InChI is InChI=1S/C16H20FNS/c1-11-8-16(19-13(11)3)10-18-12(2)9-14-4-6-15(17)7-5-14/h4-8,12,18H,9-10H2,1-3H3.